The zero-order valence-electron chi connectivity index (χ0n) is 15.8. The summed E-state index contributed by atoms with van der Waals surface area (Å²) in [5.74, 6) is -1.18. The van der Waals surface area contributed by atoms with Gasteiger partial charge in [-0.15, -0.1) is 11.3 Å². The molecule has 29 heavy (non-hydrogen) atoms. The van der Waals surface area contributed by atoms with Crippen LogP contribution in [0, 0.1) is 5.82 Å². The van der Waals surface area contributed by atoms with E-state index in [9.17, 15) is 14.0 Å². The Hall–Kier alpha value is -3.06. The average molecular weight is 409 g/mol. The highest BCUT2D eigenvalue weighted by atomic mass is 32.1. The van der Waals surface area contributed by atoms with E-state index in [0.29, 0.717) is 16.9 Å². The molecular formula is C22H20FN3O2S. The number of carbonyl (C=O) groups is 2. The van der Waals surface area contributed by atoms with E-state index in [0.717, 1.165) is 31.5 Å². The van der Waals surface area contributed by atoms with E-state index in [2.05, 4.69) is 4.99 Å². The van der Waals surface area contributed by atoms with Gasteiger partial charge >= 0.3 is 0 Å². The predicted molar refractivity (Wildman–Crippen MR) is 109 cm³/mol. The van der Waals surface area contributed by atoms with Gasteiger partial charge in [0.2, 0.25) is 0 Å². The minimum absolute atomic E-state index is 0.0369. The number of amides is 2. The average Bonchev–Trinajstić information content (AvgIpc) is 3.41. The third-order valence-corrected chi connectivity index (χ3v) is 5.74. The molecule has 1 aliphatic heterocycles. The van der Waals surface area contributed by atoms with Gasteiger partial charge < -0.3 is 9.47 Å². The SMILES string of the molecule is O=C(N=c1sccn1Cc1ccccc1C(=O)N1CCCC1)c1ccccc1F. The summed E-state index contributed by atoms with van der Waals surface area (Å²) in [6.45, 7) is 1.98. The quantitative estimate of drug-likeness (QED) is 0.660. The third kappa shape index (κ3) is 4.19. The molecule has 0 aliphatic carbocycles. The van der Waals surface area contributed by atoms with Gasteiger partial charge in [-0.05, 0) is 36.6 Å². The second kappa shape index (κ2) is 8.53. The zero-order valence-corrected chi connectivity index (χ0v) is 16.6. The number of thiazole rings is 1. The highest BCUT2D eigenvalue weighted by molar-refractivity contribution is 7.07. The molecule has 3 aromatic rings. The molecular weight excluding hydrogens is 389 g/mol. The van der Waals surface area contributed by atoms with Crippen molar-refractivity contribution in [2.75, 3.05) is 13.1 Å². The number of likely N-dealkylation sites (tertiary alicyclic amines) is 1. The van der Waals surface area contributed by atoms with E-state index in [1.807, 2.05) is 40.7 Å². The van der Waals surface area contributed by atoms with Gasteiger partial charge in [-0.1, -0.05) is 30.3 Å². The zero-order chi connectivity index (χ0) is 20.2. The summed E-state index contributed by atoms with van der Waals surface area (Å²) in [6.07, 6.45) is 3.89. The Bertz CT molecular complexity index is 1110. The predicted octanol–water partition coefficient (Wildman–Crippen LogP) is 3.71. The maximum absolute atomic E-state index is 13.9. The van der Waals surface area contributed by atoms with Gasteiger partial charge in [0.1, 0.15) is 5.82 Å². The first-order chi connectivity index (χ1) is 14.1. The summed E-state index contributed by atoms with van der Waals surface area (Å²) in [5, 5.41) is 1.82. The Morgan fingerprint density at radius 2 is 1.69 bits per heavy atom. The molecule has 1 aromatic heterocycles. The number of rotatable bonds is 4. The van der Waals surface area contributed by atoms with Crippen LogP contribution in [0.2, 0.25) is 0 Å². The highest BCUT2D eigenvalue weighted by Gasteiger charge is 2.21. The fraction of sp³-hybridized carbons (Fsp3) is 0.227. The van der Waals surface area contributed by atoms with Gasteiger partial charge in [0.25, 0.3) is 11.8 Å². The van der Waals surface area contributed by atoms with Gasteiger partial charge in [0, 0.05) is 30.2 Å². The number of halogens is 1. The molecule has 2 amide bonds. The van der Waals surface area contributed by atoms with E-state index in [4.69, 9.17) is 0 Å². The van der Waals surface area contributed by atoms with Crippen molar-refractivity contribution < 1.29 is 14.0 Å². The maximum atomic E-state index is 13.9. The Morgan fingerprint density at radius 3 is 2.45 bits per heavy atom. The van der Waals surface area contributed by atoms with Crippen LogP contribution in [0.1, 0.15) is 39.1 Å². The van der Waals surface area contributed by atoms with Crippen LogP contribution in [0.5, 0.6) is 0 Å². The van der Waals surface area contributed by atoms with Crippen LogP contribution < -0.4 is 4.80 Å². The fourth-order valence-electron chi connectivity index (χ4n) is 3.43. The lowest BCUT2D eigenvalue weighted by Gasteiger charge is -2.17. The lowest BCUT2D eigenvalue weighted by Crippen LogP contribution is -2.29. The number of hydrogen-bond acceptors (Lipinski definition) is 3. The van der Waals surface area contributed by atoms with Crippen LogP contribution in [0.4, 0.5) is 4.39 Å². The van der Waals surface area contributed by atoms with Crippen LogP contribution in [0.15, 0.2) is 65.1 Å². The van der Waals surface area contributed by atoms with E-state index in [-0.39, 0.29) is 11.5 Å². The number of aromatic nitrogens is 1. The molecule has 0 bridgehead atoms. The van der Waals surface area contributed by atoms with E-state index in [1.165, 1.54) is 29.5 Å². The Morgan fingerprint density at radius 1 is 1.00 bits per heavy atom. The van der Waals surface area contributed by atoms with Crippen molar-refractivity contribution >= 4 is 23.2 Å². The van der Waals surface area contributed by atoms with Crippen molar-refractivity contribution in [2.24, 2.45) is 4.99 Å². The summed E-state index contributed by atoms with van der Waals surface area (Å²) >= 11 is 1.29. The molecule has 1 aliphatic rings. The molecule has 2 aromatic carbocycles. The first-order valence-corrected chi connectivity index (χ1v) is 10.4. The van der Waals surface area contributed by atoms with Gasteiger partial charge in [-0.25, -0.2) is 4.39 Å². The highest BCUT2D eigenvalue weighted by Crippen LogP contribution is 2.17. The van der Waals surface area contributed by atoms with Gasteiger partial charge in [-0.3, -0.25) is 9.59 Å². The molecule has 1 saturated heterocycles. The van der Waals surface area contributed by atoms with Crippen LogP contribution in [-0.2, 0) is 6.54 Å². The molecule has 148 valence electrons. The number of nitrogens with zero attached hydrogens (tertiary/aromatic N) is 3. The Balaban J connectivity index is 1.63. The fourth-order valence-corrected chi connectivity index (χ4v) is 4.16. The molecule has 0 atom stereocenters. The van der Waals surface area contributed by atoms with Gasteiger partial charge in [0.05, 0.1) is 12.1 Å². The van der Waals surface area contributed by atoms with Gasteiger partial charge in [-0.2, -0.15) is 4.99 Å². The molecule has 4 rings (SSSR count). The van der Waals surface area contributed by atoms with Crippen molar-refractivity contribution in [1.29, 1.82) is 0 Å². The van der Waals surface area contributed by atoms with E-state index >= 15 is 0 Å². The summed E-state index contributed by atoms with van der Waals surface area (Å²) < 4.78 is 15.7. The summed E-state index contributed by atoms with van der Waals surface area (Å²) in [6, 6.07) is 13.3. The molecule has 0 N–H and O–H groups in total. The molecule has 5 nitrogen and oxygen atoms in total. The molecule has 7 heteroatoms. The van der Waals surface area contributed by atoms with Crippen molar-refractivity contribution in [3.05, 3.63) is 87.4 Å². The van der Waals surface area contributed by atoms with Crippen LogP contribution >= 0.6 is 11.3 Å². The lowest BCUT2D eigenvalue weighted by atomic mass is 10.1. The minimum atomic E-state index is -0.624. The lowest BCUT2D eigenvalue weighted by molar-refractivity contribution is 0.0791. The Kier molecular flexibility index (Phi) is 5.67. The standard InChI is InChI=1S/C22H20FN3O2S/c23-19-10-4-3-9-18(19)20(27)24-22-26(13-14-29-22)15-16-7-1-2-8-17(16)21(28)25-11-5-6-12-25/h1-4,7-10,13-14H,5-6,11-12,15H2. The monoisotopic (exact) mass is 409 g/mol. The first kappa shape index (κ1) is 19.3. The maximum Gasteiger partial charge on any atom is 0.282 e. The van der Waals surface area contributed by atoms with Crippen molar-refractivity contribution in [1.82, 2.24) is 9.47 Å². The molecule has 0 spiro atoms. The van der Waals surface area contributed by atoms with Crippen LogP contribution in [0.3, 0.4) is 0 Å². The van der Waals surface area contributed by atoms with Crippen molar-refractivity contribution in [2.45, 2.75) is 19.4 Å². The second-order valence-corrected chi connectivity index (χ2v) is 7.74. The second-order valence-electron chi connectivity index (χ2n) is 6.87. The molecule has 0 radical (unpaired) electrons. The Labute approximate surface area is 171 Å². The third-order valence-electron chi connectivity index (χ3n) is 4.94. The largest absolute Gasteiger partial charge is 0.339 e. The summed E-state index contributed by atoms with van der Waals surface area (Å²) in [5.41, 5.74) is 1.47. The smallest absolute Gasteiger partial charge is 0.282 e. The van der Waals surface area contributed by atoms with Crippen LogP contribution in [-0.4, -0.2) is 34.4 Å². The number of hydrogen-bond donors (Lipinski definition) is 0. The molecule has 0 saturated carbocycles. The number of carbonyl (C=O) groups excluding carboxylic acids is 2. The summed E-state index contributed by atoms with van der Waals surface area (Å²) in [4.78, 5) is 31.7. The van der Waals surface area contributed by atoms with Crippen LogP contribution in [0.25, 0.3) is 0 Å². The normalized spacial score (nSPS) is 14.4. The molecule has 0 unspecified atom stereocenters. The number of benzene rings is 2. The van der Waals surface area contributed by atoms with Crippen molar-refractivity contribution in [3.63, 3.8) is 0 Å². The van der Waals surface area contributed by atoms with Gasteiger partial charge in [0.15, 0.2) is 4.80 Å². The topological polar surface area (TPSA) is 54.7 Å². The minimum Gasteiger partial charge on any atom is -0.339 e. The first-order valence-electron chi connectivity index (χ1n) is 9.48. The molecule has 2 heterocycles. The molecule has 1 fully saturated rings. The van der Waals surface area contributed by atoms with E-state index in [1.54, 1.807) is 10.6 Å². The van der Waals surface area contributed by atoms with Crippen molar-refractivity contribution in [3.8, 4) is 0 Å². The van der Waals surface area contributed by atoms with E-state index < -0.39 is 11.7 Å². The summed E-state index contributed by atoms with van der Waals surface area (Å²) in [7, 11) is 0.